The van der Waals surface area contributed by atoms with Gasteiger partial charge < -0.3 is 20.1 Å². The average molecular weight is 411 g/mol. The number of anilines is 1. The monoisotopic (exact) mass is 410 g/mol. The number of carbonyl (C=O) groups excluding carboxylic acids is 2. The van der Waals surface area contributed by atoms with Crippen molar-refractivity contribution < 1.29 is 19.1 Å². The van der Waals surface area contributed by atoms with Crippen LogP contribution in [0.2, 0.25) is 0 Å². The Labute approximate surface area is 178 Å². The van der Waals surface area contributed by atoms with Crippen LogP contribution in [-0.4, -0.2) is 37.7 Å². The third-order valence-corrected chi connectivity index (χ3v) is 5.32. The molecule has 0 bridgehead atoms. The van der Waals surface area contributed by atoms with Crippen molar-refractivity contribution >= 4 is 17.5 Å². The smallest absolute Gasteiger partial charge is 0.251 e. The Kier molecular flexibility index (Phi) is 6.46. The first-order chi connectivity index (χ1) is 14.2. The topological polar surface area (TPSA) is 76.7 Å². The molecule has 6 nitrogen and oxygen atoms in total. The molecule has 2 aromatic carbocycles. The Hall–Kier alpha value is -2.86. The molecule has 0 aromatic heterocycles. The van der Waals surface area contributed by atoms with Crippen LogP contribution in [0.25, 0.3) is 0 Å². The van der Waals surface area contributed by atoms with Crippen LogP contribution in [0.5, 0.6) is 5.75 Å². The molecule has 0 atom stereocenters. The van der Waals surface area contributed by atoms with E-state index in [1.807, 2.05) is 45.0 Å². The maximum Gasteiger partial charge on any atom is 0.251 e. The van der Waals surface area contributed by atoms with E-state index in [0.717, 1.165) is 11.3 Å². The molecule has 2 amide bonds. The third-order valence-electron chi connectivity index (χ3n) is 5.32. The van der Waals surface area contributed by atoms with Gasteiger partial charge in [0.15, 0.2) is 0 Å². The van der Waals surface area contributed by atoms with E-state index in [-0.39, 0.29) is 17.4 Å². The molecule has 1 aliphatic rings. The molecule has 0 aliphatic carbocycles. The Morgan fingerprint density at radius 2 is 1.57 bits per heavy atom. The Balaban J connectivity index is 1.78. The van der Waals surface area contributed by atoms with E-state index in [0.29, 0.717) is 37.3 Å². The predicted octanol–water partition coefficient (Wildman–Crippen LogP) is 3.91. The van der Waals surface area contributed by atoms with Gasteiger partial charge in [-0.05, 0) is 75.6 Å². The normalized spacial score (nSPS) is 15.9. The molecule has 1 fully saturated rings. The van der Waals surface area contributed by atoms with Crippen LogP contribution in [0.4, 0.5) is 5.69 Å². The highest BCUT2D eigenvalue weighted by Crippen LogP contribution is 2.37. The van der Waals surface area contributed by atoms with Crippen molar-refractivity contribution in [3.05, 3.63) is 59.7 Å². The lowest BCUT2D eigenvalue weighted by Gasteiger charge is -2.36. The average Bonchev–Trinajstić information content (AvgIpc) is 2.73. The Morgan fingerprint density at radius 3 is 2.10 bits per heavy atom. The van der Waals surface area contributed by atoms with E-state index in [1.54, 1.807) is 31.4 Å². The van der Waals surface area contributed by atoms with Crippen LogP contribution in [0, 0.1) is 0 Å². The fourth-order valence-electron chi connectivity index (χ4n) is 3.65. The summed E-state index contributed by atoms with van der Waals surface area (Å²) in [5.74, 6) is 0.549. The number of hydrogen-bond donors (Lipinski definition) is 2. The van der Waals surface area contributed by atoms with Crippen molar-refractivity contribution in [3.63, 3.8) is 0 Å². The van der Waals surface area contributed by atoms with Crippen LogP contribution >= 0.6 is 0 Å². The maximum atomic E-state index is 13.4. The van der Waals surface area contributed by atoms with Crippen molar-refractivity contribution in [1.29, 1.82) is 0 Å². The first-order valence-electron chi connectivity index (χ1n) is 10.2. The molecule has 1 heterocycles. The van der Waals surface area contributed by atoms with Crippen molar-refractivity contribution in [2.45, 2.75) is 44.6 Å². The van der Waals surface area contributed by atoms with E-state index in [2.05, 4.69) is 10.6 Å². The van der Waals surface area contributed by atoms with Gasteiger partial charge in [-0.3, -0.25) is 9.59 Å². The first kappa shape index (κ1) is 21.8. The molecule has 0 spiro atoms. The van der Waals surface area contributed by atoms with Crippen molar-refractivity contribution in [2.24, 2.45) is 0 Å². The molecule has 160 valence electrons. The van der Waals surface area contributed by atoms with Gasteiger partial charge in [0, 0.05) is 30.0 Å². The van der Waals surface area contributed by atoms with Gasteiger partial charge in [0.25, 0.3) is 5.91 Å². The predicted molar refractivity (Wildman–Crippen MR) is 117 cm³/mol. The fraction of sp³-hybridized carbons (Fsp3) is 0.417. The molecule has 2 aromatic rings. The van der Waals surface area contributed by atoms with Gasteiger partial charge in [0.2, 0.25) is 5.91 Å². The molecular weight excluding hydrogens is 380 g/mol. The summed E-state index contributed by atoms with van der Waals surface area (Å²) in [5.41, 5.74) is 1.20. The van der Waals surface area contributed by atoms with E-state index < -0.39 is 5.41 Å². The number of benzene rings is 2. The van der Waals surface area contributed by atoms with E-state index in [9.17, 15) is 9.59 Å². The fourth-order valence-corrected chi connectivity index (χ4v) is 3.65. The lowest BCUT2D eigenvalue weighted by Crippen LogP contribution is -2.44. The van der Waals surface area contributed by atoms with Gasteiger partial charge in [-0.15, -0.1) is 0 Å². The number of amides is 2. The number of hydrogen-bond acceptors (Lipinski definition) is 4. The molecular formula is C24H30N2O4. The summed E-state index contributed by atoms with van der Waals surface area (Å²) in [4.78, 5) is 25.7. The standard InChI is InChI=1S/C24H30N2O4/c1-23(2,3)26-21(27)17-5-9-19(10-6-17)25-22(28)24(13-15-30-16-14-24)18-7-11-20(29-4)12-8-18/h5-12H,13-16H2,1-4H3,(H,25,28)(H,26,27). The second kappa shape index (κ2) is 8.88. The van der Waals surface area contributed by atoms with Gasteiger partial charge in [0.05, 0.1) is 12.5 Å². The summed E-state index contributed by atoms with van der Waals surface area (Å²) in [6, 6.07) is 14.6. The zero-order chi connectivity index (χ0) is 21.8. The molecule has 6 heteroatoms. The van der Waals surface area contributed by atoms with Crippen LogP contribution < -0.4 is 15.4 Å². The first-order valence-corrected chi connectivity index (χ1v) is 10.2. The van der Waals surface area contributed by atoms with Gasteiger partial charge in [-0.25, -0.2) is 0 Å². The SMILES string of the molecule is COc1ccc(C2(C(=O)Nc3ccc(C(=O)NC(C)(C)C)cc3)CCOCC2)cc1. The van der Waals surface area contributed by atoms with E-state index >= 15 is 0 Å². The third kappa shape index (κ3) is 5.00. The van der Waals surface area contributed by atoms with Crippen molar-refractivity contribution in [1.82, 2.24) is 5.32 Å². The minimum absolute atomic E-state index is 0.0668. The zero-order valence-electron chi connectivity index (χ0n) is 18.1. The number of carbonyl (C=O) groups is 2. The number of ether oxygens (including phenoxy) is 2. The van der Waals surface area contributed by atoms with Gasteiger partial charge in [-0.2, -0.15) is 0 Å². The molecule has 30 heavy (non-hydrogen) atoms. The summed E-state index contributed by atoms with van der Waals surface area (Å²) >= 11 is 0. The number of methoxy groups -OCH3 is 1. The quantitative estimate of drug-likeness (QED) is 0.784. The number of rotatable bonds is 5. The second-order valence-electron chi connectivity index (χ2n) is 8.66. The maximum absolute atomic E-state index is 13.4. The molecule has 1 saturated heterocycles. The minimum Gasteiger partial charge on any atom is -0.497 e. The lowest BCUT2D eigenvalue weighted by atomic mass is 9.73. The largest absolute Gasteiger partial charge is 0.497 e. The van der Waals surface area contributed by atoms with Crippen molar-refractivity contribution in [2.75, 3.05) is 25.6 Å². The van der Waals surface area contributed by atoms with Crippen molar-refractivity contribution in [3.8, 4) is 5.75 Å². The Morgan fingerprint density at radius 1 is 0.967 bits per heavy atom. The summed E-state index contributed by atoms with van der Waals surface area (Å²) in [7, 11) is 1.62. The highest BCUT2D eigenvalue weighted by Gasteiger charge is 2.41. The second-order valence-corrected chi connectivity index (χ2v) is 8.66. The van der Waals surface area contributed by atoms with Crippen LogP contribution in [0.3, 0.4) is 0 Å². The van der Waals surface area contributed by atoms with E-state index in [4.69, 9.17) is 9.47 Å². The van der Waals surface area contributed by atoms with Gasteiger partial charge in [0.1, 0.15) is 5.75 Å². The molecule has 2 N–H and O–H groups in total. The number of nitrogens with one attached hydrogen (secondary N) is 2. The lowest BCUT2D eigenvalue weighted by molar-refractivity contribution is -0.125. The van der Waals surface area contributed by atoms with Crippen LogP contribution in [0.1, 0.15) is 49.5 Å². The highest BCUT2D eigenvalue weighted by atomic mass is 16.5. The van der Waals surface area contributed by atoms with Gasteiger partial charge in [-0.1, -0.05) is 12.1 Å². The summed E-state index contributed by atoms with van der Waals surface area (Å²) in [6.45, 7) is 6.88. The van der Waals surface area contributed by atoms with Crippen LogP contribution in [0.15, 0.2) is 48.5 Å². The molecule has 0 saturated carbocycles. The highest BCUT2D eigenvalue weighted by molar-refractivity contribution is 6.00. The molecule has 3 rings (SSSR count). The summed E-state index contributed by atoms with van der Waals surface area (Å²) in [6.07, 6.45) is 1.22. The van der Waals surface area contributed by atoms with Crippen LogP contribution in [-0.2, 0) is 14.9 Å². The molecule has 0 unspecified atom stereocenters. The molecule has 0 radical (unpaired) electrons. The molecule has 1 aliphatic heterocycles. The zero-order valence-corrected chi connectivity index (χ0v) is 18.1. The van der Waals surface area contributed by atoms with E-state index in [1.165, 1.54) is 0 Å². The van der Waals surface area contributed by atoms with Gasteiger partial charge >= 0.3 is 0 Å². The summed E-state index contributed by atoms with van der Waals surface area (Å²) < 4.78 is 10.8. The minimum atomic E-state index is -0.660. The Bertz CT molecular complexity index is 877. The summed E-state index contributed by atoms with van der Waals surface area (Å²) in [5, 5.41) is 5.97.